The van der Waals surface area contributed by atoms with Crippen molar-refractivity contribution in [3.8, 4) is 23.6 Å². The average molecular weight is 216 g/mol. The summed E-state index contributed by atoms with van der Waals surface area (Å²) in [5.74, 6) is 1.22. The van der Waals surface area contributed by atoms with Crippen LogP contribution in [0.15, 0.2) is 12.1 Å². The van der Waals surface area contributed by atoms with Gasteiger partial charge in [0.25, 0.3) is 0 Å². The second kappa shape index (κ2) is 5.63. The fourth-order valence-corrected chi connectivity index (χ4v) is 1.50. The molecule has 4 nitrogen and oxygen atoms in total. The Kier molecular flexibility index (Phi) is 4.17. The van der Waals surface area contributed by atoms with Gasteiger partial charge in [0.2, 0.25) is 0 Å². The predicted octanol–water partition coefficient (Wildman–Crippen LogP) is 1.84. The van der Waals surface area contributed by atoms with Crippen molar-refractivity contribution in [2.45, 2.75) is 12.8 Å². The molecule has 0 saturated carbocycles. The lowest BCUT2D eigenvalue weighted by molar-refractivity contribution is 0.391. The van der Waals surface area contributed by atoms with E-state index in [1.165, 1.54) is 7.11 Å². The fraction of sp³-hybridized carbons (Fsp3) is 0.333. The van der Waals surface area contributed by atoms with Gasteiger partial charge in [0, 0.05) is 11.6 Å². The number of benzene rings is 1. The van der Waals surface area contributed by atoms with Crippen molar-refractivity contribution in [3.05, 3.63) is 23.3 Å². The molecule has 0 aliphatic carbocycles. The third-order valence-electron chi connectivity index (χ3n) is 2.26. The first-order valence-corrected chi connectivity index (χ1v) is 4.74. The summed E-state index contributed by atoms with van der Waals surface area (Å²) >= 11 is 0. The Labute approximate surface area is 94.6 Å². The molecule has 0 radical (unpaired) electrons. The summed E-state index contributed by atoms with van der Waals surface area (Å²) in [5.41, 5.74) is 1.53. The van der Waals surface area contributed by atoms with Gasteiger partial charge in [-0.3, -0.25) is 0 Å². The molecule has 16 heavy (non-hydrogen) atoms. The number of hydrogen-bond acceptors (Lipinski definition) is 4. The molecule has 0 unspecified atom stereocenters. The summed E-state index contributed by atoms with van der Waals surface area (Å²) in [4.78, 5) is 0. The Morgan fingerprint density at radius 2 is 1.75 bits per heavy atom. The van der Waals surface area contributed by atoms with Crippen LogP contribution in [0.4, 0.5) is 0 Å². The summed E-state index contributed by atoms with van der Waals surface area (Å²) in [6.07, 6.45) is 0.467. The van der Waals surface area contributed by atoms with Gasteiger partial charge in [-0.1, -0.05) is 0 Å². The van der Waals surface area contributed by atoms with Crippen LogP contribution in [-0.4, -0.2) is 14.2 Å². The van der Waals surface area contributed by atoms with E-state index in [4.69, 9.17) is 20.0 Å². The van der Waals surface area contributed by atoms with Crippen LogP contribution < -0.4 is 9.47 Å². The van der Waals surface area contributed by atoms with Gasteiger partial charge >= 0.3 is 0 Å². The second-order valence-corrected chi connectivity index (χ2v) is 3.14. The predicted molar refractivity (Wildman–Crippen MR) is 58.2 cm³/mol. The number of hydrogen-bond donors (Lipinski definition) is 0. The van der Waals surface area contributed by atoms with Gasteiger partial charge in [-0.15, -0.1) is 0 Å². The van der Waals surface area contributed by atoms with E-state index >= 15 is 0 Å². The van der Waals surface area contributed by atoms with Gasteiger partial charge in [-0.2, -0.15) is 10.5 Å². The van der Waals surface area contributed by atoms with E-state index in [0.29, 0.717) is 11.5 Å². The standard InChI is InChI=1S/C12H12N2O2/c1-15-10-7-9(3-5-13)11(4-6-14)12(8-10)16-2/h7-8H,3-4H2,1-2H3. The van der Waals surface area contributed by atoms with Crippen molar-refractivity contribution < 1.29 is 9.47 Å². The molecule has 0 aliphatic rings. The lowest BCUT2D eigenvalue weighted by Gasteiger charge is -2.12. The van der Waals surface area contributed by atoms with Crippen LogP contribution in [0.25, 0.3) is 0 Å². The molecule has 0 saturated heterocycles. The summed E-state index contributed by atoms with van der Waals surface area (Å²) in [7, 11) is 3.08. The van der Waals surface area contributed by atoms with E-state index in [0.717, 1.165) is 11.1 Å². The molecule has 82 valence electrons. The number of nitrogens with zero attached hydrogens (tertiary/aromatic N) is 2. The number of methoxy groups -OCH3 is 2. The van der Waals surface area contributed by atoms with Crippen LogP contribution in [0.1, 0.15) is 11.1 Å². The van der Waals surface area contributed by atoms with Crippen molar-refractivity contribution in [2.24, 2.45) is 0 Å². The molecule has 0 bridgehead atoms. The fourth-order valence-electron chi connectivity index (χ4n) is 1.50. The highest BCUT2D eigenvalue weighted by molar-refractivity contribution is 5.48. The van der Waals surface area contributed by atoms with Gasteiger partial charge in [0.05, 0.1) is 39.2 Å². The quantitative estimate of drug-likeness (QED) is 0.770. The Bertz CT molecular complexity index is 455. The smallest absolute Gasteiger partial charge is 0.127 e. The zero-order valence-corrected chi connectivity index (χ0v) is 9.28. The van der Waals surface area contributed by atoms with Crippen LogP contribution >= 0.6 is 0 Å². The first kappa shape index (κ1) is 11.9. The maximum Gasteiger partial charge on any atom is 0.127 e. The van der Waals surface area contributed by atoms with Gasteiger partial charge in [-0.25, -0.2) is 0 Å². The van der Waals surface area contributed by atoms with Crippen LogP contribution in [0.5, 0.6) is 11.5 Å². The lowest BCUT2D eigenvalue weighted by Crippen LogP contribution is -1.99. The topological polar surface area (TPSA) is 66.0 Å². The second-order valence-electron chi connectivity index (χ2n) is 3.14. The molecule has 1 rings (SSSR count). The molecule has 0 fully saturated rings. The Morgan fingerprint density at radius 3 is 2.25 bits per heavy atom. The molecule has 0 heterocycles. The van der Waals surface area contributed by atoms with Gasteiger partial charge < -0.3 is 9.47 Å². The van der Waals surface area contributed by atoms with Crippen LogP contribution in [0, 0.1) is 22.7 Å². The normalized spacial score (nSPS) is 9.00. The molecule has 0 spiro atoms. The van der Waals surface area contributed by atoms with E-state index < -0.39 is 0 Å². The molecule has 1 aromatic rings. The van der Waals surface area contributed by atoms with Crippen molar-refractivity contribution in [2.75, 3.05) is 14.2 Å². The monoisotopic (exact) mass is 216 g/mol. The molecular weight excluding hydrogens is 204 g/mol. The molecule has 4 heteroatoms. The zero-order valence-electron chi connectivity index (χ0n) is 9.28. The van der Waals surface area contributed by atoms with Gasteiger partial charge in [0.1, 0.15) is 11.5 Å². The van der Waals surface area contributed by atoms with Crippen molar-refractivity contribution in [3.63, 3.8) is 0 Å². The highest BCUT2D eigenvalue weighted by Gasteiger charge is 2.11. The average Bonchev–Trinajstić information content (AvgIpc) is 2.31. The maximum atomic E-state index is 8.74. The first-order chi connectivity index (χ1) is 7.76. The number of rotatable bonds is 4. The summed E-state index contributed by atoms with van der Waals surface area (Å²) < 4.78 is 10.3. The largest absolute Gasteiger partial charge is 0.497 e. The number of ether oxygens (including phenoxy) is 2. The first-order valence-electron chi connectivity index (χ1n) is 4.74. The Balaban J connectivity index is 3.30. The number of nitriles is 2. The molecule has 1 aromatic carbocycles. The summed E-state index contributed by atoms with van der Waals surface area (Å²) in [5, 5.41) is 17.5. The summed E-state index contributed by atoms with van der Waals surface area (Å²) in [6.45, 7) is 0. The van der Waals surface area contributed by atoms with Crippen molar-refractivity contribution in [1.29, 1.82) is 10.5 Å². The minimum atomic E-state index is 0.226. The maximum absolute atomic E-state index is 8.74. The third-order valence-corrected chi connectivity index (χ3v) is 2.26. The van der Waals surface area contributed by atoms with E-state index in [1.807, 2.05) is 0 Å². The minimum Gasteiger partial charge on any atom is -0.497 e. The van der Waals surface area contributed by atoms with Crippen molar-refractivity contribution in [1.82, 2.24) is 0 Å². The molecule has 0 aliphatic heterocycles. The lowest BCUT2D eigenvalue weighted by atomic mass is 10.0. The van der Waals surface area contributed by atoms with Crippen LogP contribution in [0.2, 0.25) is 0 Å². The third kappa shape index (κ3) is 2.43. The highest BCUT2D eigenvalue weighted by Crippen LogP contribution is 2.29. The summed E-state index contributed by atoms with van der Waals surface area (Å²) in [6, 6.07) is 7.61. The van der Waals surface area contributed by atoms with Crippen LogP contribution in [-0.2, 0) is 12.8 Å². The van der Waals surface area contributed by atoms with E-state index in [2.05, 4.69) is 12.1 Å². The minimum absolute atomic E-state index is 0.226. The van der Waals surface area contributed by atoms with Crippen molar-refractivity contribution >= 4 is 0 Å². The molecule has 0 N–H and O–H groups in total. The molecule has 0 atom stereocenters. The van der Waals surface area contributed by atoms with E-state index in [1.54, 1.807) is 19.2 Å². The SMILES string of the molecule is COc1cc(CC#N)c(CC#N)c(OC)c1. The van der Waals surface area contributed by atoms with Crippen LogP contribution in [0.3, 0.4) is 0 Å². The Morgan fingerprint density at radius 1 is 1.06 bits per heavy atom. The molecule has 0 amide bonds. The Hall–Kier alpha value is -2.20. The van der Waals surface area contributed by atoms with E-state index in [9.17, 15) is 0 Å². The van der Waals surface area contributed by atoms with E-state index in [-0.39, 0.29) is 12.8 Å². The molecule has 0 aromatic heterocycles. The van der Waals surface area contributed by atoms with Gasteiger partial charge in [0.15, 0.2) is 0 Å². The highest BCUT2D eigenvalue weighted by atomic mass is 16.5. The van der Waals surface area contributed by atoms with Gasteiger partial charge in [-0.05, 0) is 11.6 Å². The zero-order chi connectivity index (χ0) is 12.0. The molecular formula is C12H12N2O2.